The molecule has 0 spiro atoms. The van der Waals surface area contributed by atoms with E-state index in [4.69, 9.17) is 4.99 Å². The summed E-state index contributed by atoms with van der Waals surface area (Å²) in [5.41, 5.74) is 5.86. The third-order valence-electron chi connectivity index (χ3n) is 4.36. The van der Waals surface area contributed by atoms with E-state index in [1.165, 1.54) is 28.8 Å². The number of aryl methyl sites for hydroxylation is 1. The second kappa shape index (κ2) is 5.93. The number of halogens is 2. The van der Waals surface area contributed by atoms with Gasteiger partial charge in [0.2, 0.25) is 0 Å². The molecule has 4 heteroatoms. The molecule has 0 atom stereocenters. The minimum absolute atomic E-state index is 0.206. The number of hydrogen-bond donors (Lipinski definition) is 1. The smallest absolute Gasteiger partial charge is 0.123 e. The highest BCUT2D eigenvalue weighted by Crippen LogP contribution is 2.31. The molecule has 2 aromatic carbocycles. The van der Waals surface area contributed by atoms with Crippen LogP contribution >= 0.6 is 15.9 Å². The van der Waals surface area contributed by atoms with Gasteiger partial charge in [0.25, 0.3) is 0 Å². The van der Waals surface area contributed by atoms with Crippen LogP contribution in [-0.4, -0.2) is 10.7 Å². The maximum Gasteiger partial charge on any atom is 0.123 e. The lowest BCUT2D eigenvalue weighted by Crippen LogP contribution is -2.11. The summed E-state index contributed by atoms with van der Waals surface area (Å²) in [7, 11) is 0. The van der Waals surface area contributed by atoms with Crippen LogP contribution in [0.25, 0.3) is 10.9 Å². The minimum atomic E-state index is -0.206. The highest BCUT2D eigenvalue weighted by molar-refractivity contribution is 9.10. The number of nitrogens with one attached hydrogen (secondary N) is 1. The topological polar surface area (TPSA) is 28.1 Å². The molecular weight excluding hydrogens is 355 g/mol. The standard InChI is InChI=1S/C19H16BrFN2/c20-13-6-9-17-16(10-13)15-2-1-3-18(19(15)23-17)22-11-12-4-7-14(21)8-5-12/h4-10,23H,1-3,11H2. The summed E-state index contributed by atoms with van der Waals surface area (Å²) >= 11 is 3.55. The van der Waals surface area contributed by atoms with E-state index in [9.17, 15) is 4.39 Å². The molecule has 0 amide bonds. The van der Waals surface area contributed by atoms with Gasteiger partial charge in [-0.25, -0.2) is 4.39 Å². The summed E-state index contributed by atoms with van der Waals surface area (Å²) in [6.07, 6.45) is 3.19. The lowest BCUT2D eigenvalue weighted by Gasteiger charge is -2.14. The molecule has 4 rings (SSSR count). The van der Waals surface area contributed by atoms with Crippen molar-refractivity contribution in [2.75, 3.05) is 0 Å². The Balaban J connectivity index is 1.71. The summed E-state index contributed by atoms with van der Waals surface area (Å²) in [4.78, 5) is 8.32. The van der Waals surface area contributed by atoms with E-state index in [2.05, 4.69) is 39.1 Å². The van der Waals surface area contributed by atoms with E-state index >= 15 is 0 Å². The number of benzene rings is 2. The monoisotopic (exact) mass is 370 g/mol. The average Bonchev–Trinajstić information content (AvgIpc) is 2.93. The van der Waals surface area contributed by atoms with E-state index in [1.54, 1.807) is 12.1 Å². The van der Waals surface area contributed by atoms with Gasteiger partial charge in [-0.1, -0.05) is 28.1 Å². The molecule has 3 aromatic rings. The Morgan fingerprint density at radius 1 is 1.09 bits per heavy atom. The van der Waals surface area contributed by atoms with E-state index < -0.39 is 0 Å². The summed E-state index contributed by atoms with van der Waals surface area (Å²) in [6, 6.07) is 12.9. The van der Waals surface area contributed by atoms with Crippen molar-refractivity contribution in [3.63, 3.8) is 0 Å². The van der Waals surface area contributed by atoms with Gasteiger partial charge in [-0.2, -0.15) is 0 Å². The number of aromatic nitrogens is 1. The van der Waals surface area contributed by atoms with Crippen LogP contribution in [0.15, 0.2) is 51.9 Å². The van der Waals surface area contributed by atoms with Crippen LogP contribution in [0.5, 0.6) is 0 Å². The molecule has 0 aliphatic heterocycles. The van der Waals surface area contributed by atoms with Crippen LogP contribution in [-0.2, 0) is 13.0 Å². The molecule has 1 aliphatic carbocycles. The molecule has 116 valence electrons. The molecule has 0 fully saturated rings. The lowest BCUT2D eigenvalue weighted by atomic mass is 9.94. The van der Waals surface area contributed by atoms with Gasteiger partial charge in [-0.3, -0.25) is 4.99 Å². The maximum atomic E-state index is 13.0. The van der Waals surface area contributed by atoms with Crippen molar-refractivity contribution in [1.82, 2.24) is 4.98 Å². The van der Waals surface area contributed by atoms with Gasteiger partial charge < -0.3 is 4.98 Å². The summed E-state index contributed by atoms with van der Waals surface area (Å²) in [5, 5.41) is 1.28. The van der Waals surface area contributed by atoms with Crippen molar-refractivity contribution in [3.05, 3.63) is 69.6 Å². The third kappa shape index (κ3) is 2.83. The summed E-state index contributed by atoms with van der Waals surface area (Å²) in [5.74, 6) is -0.206. The Morgan fingerprint density at radius 2 is 1.91 bits per heavy atom. The minimum Gasteiger partial charge on any atom is -0.353 e. The van der Waals surface area contributed by atoms with Crippen LogP contribution in [0.3, 0.4) is 0 Å². The van der Waals surface area contributed by atoms with Crippen molar-refractivity contribution in [2.24, 2.45) is 4.99 Å². The first kappa shape index (κ1) is 14.6. The quantitative estimate of drug-likeness (QED) is 0.625. The largest absolute Gasteiger partial charge is 0.353 e. The molecule has 1 aliphatic rings. The lowest BCUT2D eigenvalue weighted by molar-refractivity contribution is 0.627. The first-order valence-electron chi connectivity index (χ1n) is 7.79. The van der Waals surface area contributed by atoms with Crippen molar-refractivity contribution < 1.29 is 4.39 Å². The van der Waals surface area contributed by atoms with Crippen molar-refractivity contribution in [1.29, 1.82) is 0 Å². The van der Waals surface area contributed by atoms with Crippen molar-refractivity contribution in [3.8, 4) is 0 Å². The Labute approximate surface area is 142 Å². The van der Waals surface area contributed by atoms with E-state index in [1.807, 2.05) is 0 Å². The summed E-state index contributed by atoms with van der Waals surface area (Å²) in [6.45, 7) is 0.591. The molecule has 2 nitrogen and oxygen atoms in total. The molecule has 0 saturated heterocycles. The average molecular weight is 371 g/mol. The predicted octanol–water partition coefficient (Wildman–Crippen LogP) is 5.40. The number of H-pyrrole nitrogens is 1. The number of nitrogens with zero attached hydrogens (tertiary/aromatic N) is 1. The number of fused-ring (bicyclic) bond motifs is 3. The van der Waals surface area contributed by atoms with Crippen LogP contribution in [0.2, 0.25) is 0 Å². The molecule has 23 heavy (non-hydrogen) atoms. The second-order valence-corrected chi connectivity index (χ2v) is 6.83. The predicted molar refractivity (Wildman–Crippen MR) is 95.6 cm³/mol. The van der Waals surface area contributed by atoms with Gasteiger partial charge in [-0.05, 0) is 60.7 Å². The zero-order valence-corrected chi connectivity index (χ0v) is 14.2. The van der Waals surface area contributed by atoms with E-state index in [0.717, 1.165) is 40.5 Å². The number of hydrogen-bond acceptors (Lipinski definition) is 1. The molecule has 1 heterocycles. The van der Waals surface area contributed by atoms with Crippen molar-refractivity contribution in [2.45, 2.75) is 25.8 Å². The van der Waals surface area contributed by atoms with Gasteiger partial charge in [0, 0.05) is 15.4 Å². The van der Waals surface area contributed by atoms with Gasteiger partial charge in [0.05, 0.1) is 18.0 Å². The SMILES string of the molecule is Fc1ccc(CN=C2CCCc3c2[nH]c2ccc(Br)cc32)cc1. The number of rotatable bonds is 2. The maximum absolute atomic E-state index is 13.0. The van der Waals surface area contributed by atoms with Gasteiger partial charge in [0.15, 0.2) is 0 Å². The first-order chi connectivity index (χ1) is 11.2. The normalized spacial score (nSPS) is 16.0. The molecule has 1 aromatic heterocycles. The molecule has 1 N–H and O–H groups in total. The van der Waals surface area contributed by atoms with Crippen LogP contribution in [0, 0.1) is 5.82 Å². The highest BCUT2D eigenvalue weighted by Gasteiger charge is 2.20. The van der Waals surface area contributed by atoms with E-state index in [0.29, 0.717) is 6.54 Å². The molecule has 0 unspecified atom stereocenters. The van der Waals surface area contributed by atoms with Crippen LogP contribution in [0.1, 0.15) is 29.7 Å². The zero-order chi connectivity index (χ0) is 15.8. The Bertz CT molecular complexity index is 894. The fourth-order valence-corrected chi connectivity index (χ4v) is 3.58. The van der Waals surface area contributed by atoms with Crippen LogP contribution in [0.4, 0.5) is 4.39 Å². The number of aromatic amines is 1. The fraction of sp³-hybridized carbons (Fsp3) is 0.211. The Hall–Kier alpha value is -1.94. The zero-order valence-electron chi connectivity index (χ0n) is 12.6. The molecule has 0 saturated carbocycles. The Morgan fingerprint density at radius 3 is 2.74 bits per heavy atom. The molecular formula is C19H16BrFN2. The van der Waals surface area contributed by atoms with E-state index in [-0.39, 0.29) is 5.82 Å². The summed E-state index contributed by atoms with van der Waals surface area (Å²) < 4.78 is 14.1. The van der Waals surface area contributed by atoms with Crippen molar-refractivity contribution >= 4 is 32.5 Å². The van der Waals surface area contributed by atoms with Gasteiger partial charge >= 0.3 is 0 Å². The first-order valence-corrected chi connectivity index (χ1v) is 8.58. The fourth-order valence-electron chi connectivity index (χ4n) is 3.22. The highest BCUT2D eigenvalue weighted by atomic mass is 79.9. The second-order valence-electron chi connectivity index (χ2n) is 5.91. The third-order valence-corrected chi connectivity index (χ3v) is 4.86. The number of aliphatic imine (C=N–C) groups is 1. The molecule has 0 radical (unpaired) electrons. The van der Waals surface area contributed by atoms with Gasteiger partial charge in [-0.15, -0.1) is 0 Å². The Kier molecular flexibility index (Phi) is 3.77. The molecule has 0 bridgehead atoms. The van der Waals surface area contributed by atoms with Crippen LogP contribution < -0.4 is 0 Å². The van der Waals surface area contributed by atoms with Gasteiger partial charge in [0.1, 0.15) is 5.82 Å².